The maximum atomic E-state index is 12.8. The number of aromatic nitrogens is 3. The standard InChI is InChI=1S/C14H12FN3/c1-10-2-7-13-16-17-14(18(13)9-10)8-11-3-5-12(15)6-4-11/h2-7,9H,8H2,1H3. The van der Waals surface area contributed by atoms with Crippen molar-refractivity contribution < 1.29 is 4.39 Å². The van der Waals surface area contributed by atoms with E-state index in [4.69, 9.17) is 0 Å². The zero-order valence-corrected chi connectivity index (χ0v) is 9.97. The van der Waals surface area contributed by atoms with E-state index in [9.17, 15) is 4.39 Å². The maximum absolute atomic E-state index is 12.8. The van der Waals surface area contributed by atoms with E-state index in [-0.39, 0.29) is 5.82 Å². The molecule has 0 N–H and O–H groups in total. The molecular weight excluding hydrogens is 229 g/mol. The number of hydrogen-bond donors (Lipinski definition) is 0. The molecule has 1 aromatic carbocycles. The lowest BCUT2D eigenvalue weighted by molar-refractivity contribution is 0.627. The van der Waals surface area contributed by atoms with Gasteiger partial charge in [0.05, 0.1) is 0 Å². The molecule has 0 amide bonds. The molecule has 0 aliphatic heterocycles. The molecule has 0 radical (unpaired) electrons. The van der Waals surface area contributed by atoms with Gasteiger partial charge in [-0.25, -0.2) is 4.39 Å². The number of hydrogen-bond acceptors (Lipinski definition) is 2. The Morgan fingerprint density at radius 3 is 2.61 bits per heavy atom. The first-order valence-corrected chi connectivity index (χ1v) is 5.77. The fraction of sp³-hybridized carbons (Fsp3) is 0.143. The number of benzene rings is 1. The predicted molar refractivity (Wildman–Crippen MR) is 66.9 cm³/mol. The van der Waals surface area contributed by atoms with Crippen molar-refractivity contribution in [3.63, 3.8) is 0 Å². The molecule has 3 nitrogen and oxygen atoms in total. The Kier molecular flexibility index (Phi) is 2.55. The molecule has 0 saturated carbocycles. The fourth-order valence-electron chi connectivity index (χ4n) is 1.95. The quantitative estimate of drug-likeness (QED) is 0.690. The van der Waals surface area contributed by atoms with Gasteiger partial charge < -0.3 is 0 Å². The third-order valence-corrected chi connectivity index (χ3v) is 2.90. The Labute approximate surface area is 104 Å². The van der Waals surface area contributed by atoms with E-state index in [0.717, 1.165) is 22.6 Å². The molecule has 2 heterocycles. The van der Waals surface area contributed by atoms with Gasteiger partial charge in [0.25, 0.3) is 0 Å². The Morgan fingerprint density at radius 1 is 1.06 bits per heavy atom. The van der Waals surface area contributed by atoms with Crippen LogP contribution in [0.3, 0.4) is 0 Å². The fourth-order valence-corrected chi connectivity index (χ4v) is 1.95. The molecule has 3 aromatic rings. The summed E-state index contributed by atoms with van der Waals surface area (Å²) in [5.41, 5.74) is 3.01. The highest BCUT2D eigenvalue weighted by atomic mass is 19.1. The lowest BCUT2D eigenvalue weighted by Gasteiger charge is -2.01. The van der Waals surface area contributed by atoms with Gasteiger partial charge in [-0.15, -0.1) is 10.2 Å². The van der Waals surface area contributed by atoms with E-state index < -0.39 is 0 Å². The van der Waals surface area contributed by atoms with Crippen LogP contribution in [0.2, 0.25) is 0 Å². The number of nitrogens with zero attached hydrogens (tertiary/aromatic N) is 3. The van der Waals surface area contributed by atoms with Crippen molar-refractivity contribution in [1.29, 1.82) is 0 Å². The van der Waals surface area contributed by atoms with Gasteiger partial charge in [-0.05, 0) is 36.2 Å². The van der Waals surface area contributed by atoms with Gasteiger partial charge in [-0.2, -0.15) is 0 Å². The Morgan fingerprint density at radius 2 is 1.83 bits per heavy atom. The van der Waals surface area contributed by atoms with Crippen LogP contribution in [0.4, 0.5) is 4.39 Å². The lowest BCUT2D eigenvalue weighted by Crippen LogP contribution is -1.97. The van der Waals surface area contributed by atoms with E-state index in [1.54, 1.807) is 12.1 Å². The van der Waals surface area contributed by atoms with E-state index in [1.807, 2.05) is 29.7 Å². The van der Waals surface area contributed by atoms with Crippen LogP contribution in [0.5, 0.6) is 0 Å². The summed E-state index contributed by atoms with van der Waals surface area (Å²) in [5.74, 6) is 0.640. The van der Waals surface area contributed by atoms with Crippen LogP contribution in [0.25, 0.3) is 5.65 Å². The van der Waals surface area contributed by atoms with E-state index in [0.29, 0.717) is 6.42 Å². The summed E-state index contributed by atoms with van der Waals surface area (Å²) in [5, 5.41) is 8.29. The molecule has 0 atom stereocenters. The minimum absolute atomic E-state index is 0.222. The zero-order valence-electron chi connectivity index (χ0n) is 9.97. The van der Waals surface area contributed by atoms with Gasteiger partial charge in [0.2, 0.25) is 0 Å². The Bertz CT molecular complexity index is 686. The Hall–Kier alpha value is -2.23. The highest BCUT2D eigenvalue weighted by Gasteiger charge is 2.06. The second-order valence-corrected chi connectivity index (χ2v) is 4.35. The second-order valence-electron chi connectivity index (χ2n) is 4.35. The average Bonchev–Trinajstić information content (AvgIpc) is 2.75. The van der Waals surface area contributed by atoms with Crippen molar-refractivity contribution in [2.24, 2.45) is 0 Å². The number of aryl methyl sites for hydroxylation is 1. The molecule has 0 aliphatic rings. The number of halogens is 1. The second kappa shape index (κ2) is 4.22. The Balaban J connectivity index is 1.99. The van der Waals surface area contributed by atoms with Gasteiger partial charge in [-0.1, -0.05) is 18.2 Å². The van der Waals surface area contributed by atoms with Crippen LogP contribution in [-0.4, -0.2) is 14.6 Å². The maximum Gasteiger partial charge on any atom is 0.160 e. The van der Waals surface area contributed by atoms with Crippen LogP contribution in [-0.2, 0) is 6.42 Å². The first kappa shape index (κ1) is 10.9. The van der Waals surface area contributed by atoms with Crippen molar-refractivity contribution in [2.45, 2.75) is 13.3 Å². The minimum atomic E-state index is -0.222. The molecule has 18 heavy (non-hydrogen) atoms. The van der Waals surface area contributed by atoms with Crippen molar-refractivity contribution >= 4 is 5.65 Å². The van der Waals surface area contributed by atoms with Crippen LogP contribution in [0.15, 0.2) is 42.6 Å². The summed E-state index contributed by atoms with van der Waals surface area (Å²) in [7, 11) is 0. The molecule has 90 valence electrons. The first-order valence-electron chi connectivity index (χ1n) is 5.77. The largest absolute Gasteiger partial charge is 0.286 e. The van der Waals surface area contributed by atoms with Crippen LogP contribution >= 0.6 is 0 Å². The third-order valence-electron chi connectivity index (χ3n) is 2.90. The van der Waals surface area contributed by atoms with Gasteiger partial charge in [-0.3, -0.25) is 4.40 Å². The van der Waals surface area contributed by atoms with E-state index >= 15 is 0 Å². The summed E-state index contributed by atoms with van der Waals surface area (Å²) >= 11 is 0. The molecule has 0 fully saturated rings. The summed E-state index contributed by atoms with van der Waals surface area (Å²) in [6.45, 7) is 2.03. The van der Waals surface area contributed by atoms with E-state index in [2.05, 4.69) is 10.2 Å². The molecular formula is C14H12FN3. The molecule has 0 bridgehead atoms. The van der Waals surface area contributed by atoms with Gasteiger partial charge in [0.15, 0.2) is 5.65 Å². The van der Waals surface area contributed by atoms with Crippen LogP contribution in [0, 0.1) is 12.7 Å². The third kappa shape index (κ3) is 1.97. The molecule has 0 unspecified atom stereocenters. The molecule has 3 rings (SSSR count). The minimum Gasteiger partial charge on any atom is -0.286 e. The van der Waals surface area contributed by atoms with Crippen LogP contribution < -0.4 is 0 Å². The number of pyridine rings is 1. The van der Waals surface area contributed by atoms with Crippen LogP contribution in [0.1, 0.15) is 17.0 Å². The van der Waals surface area contributed by atoms with Gasteiger partial charge in [0.1, 0.15) is 11.6 Å². The number of fused-ring (bicyclic) bond motifs is 1. The first-order chi connectivity index (χ1) is 8.72. The smallest absolute Gasteiger partial charge is 0.160 e. The molecule has 0 aliphatic carbocycles. The highest BCUT2D eigenvalue weighted by molar-refractivity contribution is 5.40. The molecule has 2 aromatic heterocycles. The average molecular weight is 241 g/mol. The summed E-state index contributed by atoms with van der Waals surface area (Å²) in [6.07, 6.45) is 2.65. The van der Waals surface area contributed by atoms with Crippen molar-refractivity contribution in [2.75, 3.05) is 0 Å². The van der Waals surface area contributed by atoms with Crippen molar-refractivity contribution in [3.8, 4) is 0 Å². The van der Waals surface area contributed by atoms with Crippen molar-refractivity contribution in [3.05, 3.63) is 65.4 Å². The summed E-state index contributed by atoms with van der Waals surface area (Å²) in [4.78, 5) is 0. The monoisotopic (exact) mass is 241 g/mol. The van der Waals surface area contributed by atoms with E-state index in [1.165, 1.54) is 12.1 Å². The summed E-state index contributed by atoms with van der Waals surface area (Å²) in [6, 6.07) is 10.4. The molecule has 0 saturated heterocycles. The van der Waals surface area contributed by atoms with Gasteiger partial charge >= 0.3 is 0 Å². The van der Waals surface area contributed by atoms with Crippen molar-refractivity contribution in [1.82, 2.24) is 14.6 Å². The normalized spacial score (nSPS) is 11.0. The van der Waals surface area contributed by atoms with Gasteiger partial charge in [0, 0.05) is 12.6 Å². The molecule has 0 spiro atoms. The molecule has 4 heteroatoms. The summed E-state index contributed by atoms with van der Waals surface area (Å²) < 4.78 is 14.8. The lowest BCUT2D eigenvalue weighted by atomic mass is 10.1. The highest BCUT2D eigenvalue weighted by Crippen LogP contribution is 2.11. The topological polar surface area (TPSA) is 30.2 Å². The zero-order chi connectivity index (χ0) is 12.5. The number of rotatable bonds is 2. The SMILES string of the molecule is Cc1ccc2nnc(Cc3ccc(F)cc3)n2c1. The predicted octanol–water partition coefficient (Wildman–Crippen LogP) is 2.77.